The lowest BCUT2D eigenvalue weighted by molar-refractivity contribution is 0.251. The Balaban J connectivity index is 0.000000465. The Bertz CT molecular complexity index is 798. The standard InChI is InChI=1S/C16H16FN5.C2H6N2O/c17-12-4-6-13(7-5-12)20-16-14(10-18)19-11-15(21-16)22-8-2-1-3-9-22;1-4-2(3)5/h4-7,11H,1-3,8-9H2,(H,20,21);1H3,(H3,3,4,5). The minimum Gasteiger partial charge on any atom is -0.355 e. The number of anilines is 3. The highest BCUT2D eigenvalue weighted by Crippen LogP contribution is 2.22. The van der Waals surface area contributed by atoms with E-state index in [1.807, 2.05) is 6.07 Å². The first kappa shape index (κ1) is 19.9. The number of hydrogen-bond acceptors (Lipinski definition) is 6. The van der Waals surface area contributed by atoms with Crippen LogP contribution in [0.25, 0.3) is 0 Å². The number of nitrogens with zero attached hydrogens (tertiary/aromatic N) is 4. The third-order valence-electron chi connectivity index (χ3n) is 3.90. The van der Waals surface area contributed by atoms with Crippen LogP contribution in [0.4, 0.5) is 26.5 Å². The summed E-state index contributed by atoms with van der Waals surface area (Å²) in [6.07, 6.45) is 5.16. The van der Waals surface area contributed by atoms with Gasteiger partial charge in [0.1, 0.15) is 17.7 Å². The van der Waals surface area contributed by atoms with E-state index in [4.69, 9.17) is 0 Å². The molecule has 0 spiro atoms. The first-order valence-corrected chi connectivity index (χ1v) is 8.55. The van der Waals surface area contributed by atoms with Crippen molar-refractivity contribution >= 4 is 23.4 Å². The van der Waals surface area contributed by atoms with E-state index < -0.39 is 6.03 Å². The van der Waals surface area contributed by atoms with Gasteiger partial charge in [-0.3, -0.25) is 0 Å². The highest BCUT2D eigenvalue weighted by molar-refractivity contribution is 5.71. The Labute approximate surface area is 157 Å². The summed E-state index contributed by atoms with van der Waals surface area (Å²) in [6.45, 7) is 1.91. The molecule has 8 nitrogen and oxygen atoms in total. The maximum Gasteiger partial charge on any atom is 0.311 e. The number of carbonyl (C=O) groups is 1. The molecular weight excluding hydrogens is 349 g/mol. The summed E-state index contributed by atoms with van der Waals surface area (Å²) in [7, 11) is 1.47. The Kier molecular flexibility index (Phi) is 7.31. The molecule has 1 saturated heterocycles. The number of carbonyl (C=O) groups excluding carboxylic acids is 1. The zero-order valence-electron chi connectivity index (χ0n) is 15.1. The van der Waals surface area contributed by atoms with Gasteiger partial charge in [-0.05, 0) is 43.5 Å². The highest BCUT2D eigenvalue weighted by Gasteiger charge is 2.15. The lowest BCUT2D eigenvalue weighted by atomic mass is 10.1. The third kappa shape index (κ3) is 6.11. The Hall–Kier alpha value is -3.41. The van der Waals surface area contributed by atoms with Crippen LogP contribution in [0.3, 0.4) is 0 Å². The number of nitrogens with one attached hydrogen (secondary N) is 2. The second kappa shape index (κ2) is 9.91. The number of hydrogen-bond donors (Lipinski definition) is 3. The summed E-state index contributed by atoms with van der Waals surface area (Å²) in [6, 6.07) is 7.45. The van der Waals surface area contributed by atoms with Gasteiger partial charge >= 0.3 is 6.03 Å². The van der Waals surface area contributed by atoms with Gasteiger partial charge in [0.05, 0.1) is 6.20 Å². The van der Waals surface area contributed by atoms with Gasteiger partial charge in [-0.1, -0.05) is 0 Å². The Morgan fingerprint density at radius 1 is 1.26 bits per heavy atom. The van der Waals surface area contributed by atoms with Crippen LogP contribution in [0, 0.1) is 17.1 Å². The number of amides is 2. The summed E-state index contributed by atoms with van der Waals surface area (Å²) in [5.41, 5.74) is 5.44. The van der Waals surface area contributed by atoms with E-state index in [1.54, 1.807) is 18.3 Å². The largest absolute Gasteiger partial charge is 0.355 e. The Morgan fingerprint density at radius 2 is 1.89 bits per heavy atom. The number of nitrogens with two attached hydrogens (primary N) is 1. The van der Waals surface area contributed by atoms with Crippen molar-refractivity contribution in [2.75, 3.05) is 30.4 Å². The zero-order valence-corrected chi connectivity index (χ0v) is 15.1. The number of urea groups is 1. The fourth-order valence-electron chi connectivity index (χ4n) is 2.49. The first-order chi connectivity index (χ1) is 13.0. The summed E-state index contributed by atoms with van der Waals surface area (Å²) < 4.78 is 13.0. The highest BCUT2D eigenvalue weighted by atomic mass is 19.1. The first-order valence-electron chi connectivity index (χ1n) is 8.55. The number of nitriles is 1. The van der Waals surface area contributed by atoms with Crippen LogP contribution >= 0.6 is 0 Å². The van der Waals surface area contributed by atoms with Crippen molar-refractivity contribution in [3.05, 3.63) is 42.0 Å². The van der Waals surface area contributed by atoms with E-state index in [0.717, 1.165) is 31.7 Å². The molecule has 0 unspecified atom stereocenters. The molecule has 0 atom stereocenters. The van der Waals surface area contributed by atoms with Crippen LogP contribution in [-0.2, 0) is 0 Å². The van der Waals surface area contributed by atoms with Gasteiger partial charge in [-0.15, -0.1) is 0 Å². The normalized spacial score (nSPS) is 13.0. The molecule has 27 heavy (non-hydrogen) atoms. The van der Waals surface area contributed by atoms with E-state index in [9.17, 15) is 14.4 Å². The van der Waals surface area contributed by atoms with E-state index >= 15 is 0 Å². The molecule has 2 amide bonds. The topological polar surface area (TPSA) is 120 Å². The van der Waals surface area contributed by atoms with Gasteiger partial charge < -0.3 is 21.3 Å². The molecular formula is C18H22FN7O. The molecule has 1 fully saturated rings. The number of benzene rings is 1. The van der Waals surface area contributed by atoms with Crippen LogP contribution in [0.1, 0.15) is 25.0 Å². The number of halogens is 1. The van der Waals surface area contributed by atoms with Crippen molar-refractivity contribution in [2.45, 2.75) is 19.3 Å². The molecule has 1 aromatic heterocycles. The molecule has 0 aliphatic carbocycles. The second-order valence-corrected chi connectivity index (χ2v) is 5.83. The van der Waals surface area contributed by atoms with Crippen molar-refractivity contribution in [2.24, 2.45) is 5.73 Å². The summed E-state index contributed by atoms with van der Waals surface area (Å²) in [5, 5.41) is 14.4. The van der Waals surface area contributed by atoms with Crippen molar-refractivity contribution in [3.8, 4) is 6.07 Å². The van der Waals surface area contributed by atoms with Crippen LogP contribution in [0.2, 0.25) is 0 Å². The third-order valence-corrected chi connectivity index (χ3v) is 3.90. The number of piperidine rings is 1. The van der Waals surface area contributed by atoms with Crippen LogP contribution in [0.15, 0.2) is 30.5 Å². The maximum atomic E-state index is 13.0. The van der Waals surface area contributed by atoms with Gasteiger partial charge in [0, 0.05) is 25.8 Å². The number of primary amides is 1. The van der Waals surface area contributed by atoms with Gasteiger partial charge in [-0.2, -0.15) is 5.26 Å². The van der Waals surface area contributed by atoms with Crippen LogP contribution in [0.5, 0.6) is 0 Å². The van der Waals surface area contributed by atoms with Gasteiger partial charge in [0.15, 0.2) is 11.5 Å². The van der Waals surface area contributed by atoms with Gasteiger partial charge in [0.25, 0.3) is 0 Å². The van der Waals surface area contributed by atoms with Crippen molar-refractivity contribution in [1.82, 2.24) is 15.3 Å². The number of rotatable bonds is 3. The van der Waals surface area contributed by atoms with Crippen LogP contribution in [-0.4, -0.2) is 36.1 Å². The smallest absolute Gasteiger partial charge is 0.311 e. The lowest BCUT2D eigenvalue weighted by Gasteiger charge is -2.27. The monoisotopic (exact) mass is 371 g/mol. The Morgan fingerprint density at radius 3 is 2.44 bits per heavy atom. The maximum absolute atomic E-state index is 13.0. The fourth-order valence-corrected chi connectivity index (χ4v) is 2.49. The van der Waals surface area contributed by atoms with Crippen molar-refractivity contribution in [1.29, 1.82) is 5.26 Å². The van der Waals surface area contributed by atoms with Gasteiger partial charge in [-0.25, -0.2) is 19.2 Å². The minimum atomic E-state index is -0.495. The lowest BCUT2D eigenvalue weighted by Crippen LogP contribution is -2.30. The van der Waals surface area contributed by atoms with E-state index in [0.29, 0.717) is 11.5 Å². The van der Waals surface area contributed by atoms with Crippen molar-refractivity contribution in [3.63, 3.8) is 0 Å². The predicted octanol–water partition coefficient (Wildman–Crippen LogP) is 2.51. The predicted molar refractivity (Wildman–Crippen MR) is 101 cm³/mol. The molecule has 2 aromatic rings. The summed E-state index contributed by atoms with van der Waals surface area (Å²) in [5.74, 6) is 0.861. The zero-order chi connectivity index (χ0) is 19.6. The average molecular weight is 371 g/mol. The minimum absolute atomic E-state index is 0.227. The molecule has 142 valence electrons. The fraction of sp³-hybridized carbons (Fsp3) is 0.333. The molecule has 3 rings (SSSR count). The second-order valence-electron chi connectivity index (χ2n) is 5.83. The molecule has 0 bridgehead atoms. The van der Waals surface area contributed by atoms with Crippen LogP contribution < -0.4 is 21.3 Å². The molecule has 1 aromatic carbocycles. The number of aromatic nitrogens is 2. The molecule has 9 heteroatoms. The summed E-state index contributed by atoms with van der Waals surface area (Å²) >= 11 is 0. The molecule has 2 heterocycles. The quantitative estimate of drug-likeness (QED) is 0.762. The van der Waals surface area contributed by atoms with E-state index in [1.165, 1.54) is 25.6 Å². The molecule has 1 aliphatic heterocycles. The molecule has 4 N–H and O–H groups in total. The average Bonchev–Trinajstić information content (AvgIpc) is 2.71. The van der Waals surface area contributed by atoms with E-state index in [2.05, 4.69) is 31.2 Å². The molecule has 0 saturated carbocycles. The van der Waals surface area contributed by atoms with Gasteiger partial charge in [0.2, 0.25) is 0 Å². The summed E-state index contributed by atoms with van der Waals surface area (Å²) in [4.78, 5) is 20.4. The molecule has 0 radical (unpaired) electrons. The molecule has 1 aliphatic rings. The SMILES string of the molecule is CNC(N)=O.N#Cc1ncc(N2CCCCC2)nc1Nc1ccc(F)cc1. The van der Waals surface area contributed by atoms with Crippen molar-refractivity contribution < 1.29 is 9.18 Å². The van der Waals surface area contributed by atoms with E-state index in [-0.39, 0.29) is 11.5 Å².